The second-order valence-corrected chi connectivity index (χ2v) is 3.05. The van der Waals surface area contributed by atoms with Gasteiger partial charge < -0.3 is 15.6 Å². The predicted octanol–water partition coefficient (Wildman–Crippen LogP) is 1.41. The van der Waals surface area contributed by atoms with Gasteiger partial charge in [0.1, 0.15) is 11.3 Å². The van der Waals surface area contributed by atoms with E-state index in [1.54, 1.807) is 19.1 Å². The highest BCUT2D eigenvalue weighted by Crippen LogP contribution is 2.22. The number of benzene rings is 1. The van der Waals surface area contributed by atoms with Gasteiger partial charge in [-0.2, -0.15) is 0 Å². The highest BCUT2D eigenvalue weighted by Gasteiger charge is 2.12. The molecule has 4 heteroatoms. The van der Waals surface area contributed by atoms with E-state index in [1.165, 1.54) is 13.2 Å². The van der Waals surface area contributed by atoms with Crippen molar-refractivity contribution >= 4 is 5.97 Å². The van der Waals surface area contributed by atoms with Gasteiger partial charge in [0.25, 0.3) is 0 Å². The van der Waals surface area contributed by atoms with E-state index in [-0.39, 0.29) is 11.6 Å². The van der Waals surface area contributed by atoms with Crippen LogP contribution in [0.5, 0.6) is 5.75 Å². The molecule has 0 aliphatic carbocycles. The Balaban J connectivity index is 3.21. The van der Waals surface area contributed by atoms with E-state index < -0.39 is 5.97 Å². The maximum absolute atomic E-state index is 10.8. The van der Waals surface area contributed by atoms with Gasteiger partial charge in [0, 0.05) is 6.04 Å². The van der Waals surface area contributed by atoms with Crippen LogP contribution in [0.3, 0.4) is 0 Å². The largest absolute Gasteiger partial charge is 0.496 e. The van der Waals surface area contributed by atoms with Crippen molar-refractivity contribution in [1.29, 1.82) is 0 Å². The Morgan fingerprint density at radius 2 is 2.21 bits per heavy atom. The SMILES string of the molecule is COc1ccc([C@H](C)N)cc1C(=O)O. The van der Waals surface area contributed by atoms with Crippen LogP contribution in [-0.4, -0.2) is 18.2 Å². The summed E-state index contributed by atoms with van der Waals surface area (Å²) in [5.41, 5.74) is 6.56. The topological polar surface area (TPSA) is 72.5 Å². The average Bonchev–Trinajstić information content (AvgIpc) is 2.16. The molecule has 0 aliphatic rings. The van der Waals surface area contributed by atoms with Crippen LogP contribution >= 0.6 is 0 Å². The number of aromatic carboxylic acids is 1. The van der Waals surface area contributed by atoms with Gasteiger partial charge in [-0.3, -0.25) is 0 Å². The van der Waals surface area contributed by atoms with Crippen LogP contribution in [0.1, 0.15) is 28.9 Å². The van der Waals surface area contributed by atoms with Crippen molar-refractivity contribution in [1.82, 2.24) is 0 Å². The average molecular weight is 195 g/mol. The lowest BCUT2D eigenvalue weighted by atomic mass is 10.1. The maximum Gasteiger partial charge on any atom is 0.339 e. The van der Waals surface area contributed by atoms with Crippen LogP contribution in [-0.2, 0) is 0 Å². The van der Waals surface area contributed by atoms with Crippen molar-refractivity contribution in [3.05, 3.63) is 29.3 Å². The lowest BCUT2D eigenvalue weighted by Gasteiger charge is -2.09. The first-order chi connectivity index (χ1) is 6.56. The van der Waals surface area contributed by atoms with E-state index in [2.05, 4.69) is 0 Å². The summed E-state index contributed by atoms with van der Waals surface area (Å²) in [5, 5.41) is 8.88. The normalized spacial score (nSPS) is 12.2. The van der Waals surface area contributed by atoms with Gasteiger partial charge in [-0.05, 0) is 24.6 Å². The molecule has 1 rings (SSSR count). The highest BCUT2D eigenvalue weighted by atomic mass is 16.5. The summed E-state index contributed by atoms with van der Waals surface area (Å²) >= 11 is 0. The van der Waals surface area contributed by atoms with Gasteiger partial charge >= 0.3 is 5.97 Å². The number of carboxylic acid groups (broad SMARTS) is 1. The van der Waals surface area contributed by atoms with Crippen LogP contribution in [0.2, 0.25) is 0 Å². The van der Waals surface area contributed by atoms with E-state index >= 15 is 0 Å². The molecule has 0 aliphatic heterocycles. The summed E-state index contributed by atoms with van der Waals surface area (Å²) in [6, 6.07) is 4.73. The Bertz CT molecular complexity index is 347. The minimum atomic E-state index is -1.01. The minimum Gasteiger partial charge on any atom is -0.496 e. The van der Waals surface area contributed by atoms with Crippen molar-refractivity contribution < 1.29 is 14.6 Å². The molecule has 0 heterocycles. The second kappa shape index (κ2) is 4.11. The van der Waals surface area contributed by atoms with Crippen LogP contribution in [0.25, 0.3) is 0 Å². The molecule has 14 heavy (non-hydrogen) atoms. The molecule has 76 valence electrons. The first kappa shape index (κ1) is 10.5. The molecule has 0 unspecified atom stereocenters. The van der Waals surface area contributed by atoms with Crippen LogP contribution in [0, 0.1) is 0 Å². The van der Waals surface area contributed by atoms with E-state index in [9.17, 15) is 4.79 Å². The molecule has 0 fully saturated rings. The Kier molecular flexibility index (Phi) is 3.09. The Labute approximate surface area is 82.3 Å². The van der Waals surface area contributed by atoms with Crippen molar-refractivity contribution in [2.24, 2.45) is 5.73 Å². The fourth-order valence-electron chi connectivity index (χ4n) is 1.18. The van der Waals surface area contributed by atoms with Gasteiger partial charge in [0.05, 0.1) is 7.11 Å². The van der Waals surface area contributed by atoms with E-state index in [1.807, 2.05) is 0 Å². The lowest BCUT2D eigenvalue weighted by molar-refractivity contribution is 0.0693. The van der Waals surface area contributed by atoms with Crippen molar-refractivity contribution in [2.75, 3.05) is 7.11 Å². The minimum absolute atomic E-state index is 0.141. The number of rotatable bonds is 3. The van der Waals surface area contributed by atoms with Crippen LogP contribution in [0.15, 0.2) is 18.2 Å². The smallest absolute Gasteiger partial charge is 0.339 e. The molecule has 1 aromatic rings. The van der Waals surface area contributed by atoms with Crippen molar-refractivity contribution in [2.45, 2.75) is 13.0 Å². The van der Waals surface area contributed by atoms with E-state index in [0.29, 0.717) is 5.75 Å². The summed E-state index contributed by atoms with van der Waals surface area (Å²) in [4.78, 5) is 10.8. The zero-order valence-corrected chi connectivity index (χ0v) is 8.15. The number of hydrogen-bond acceptors (Lipinski definition) is 3. The first-order valence-corrected chi connectivity index (χ1v) is 4.23. The number of carbonyl (C=O) groups is 1. The molecule has 0 amide bonds. The molecule has 0 radical (unpaired) electrons. The Morgan fingerprint density at radius 3 is 2.64 bits per heavy atom. The molecule has 3 N–H and O–H groups in total. The predicted molar refractivity (Wildman–Crippen MR) is 52.6 cm³/mol. The molecular weight excluding hydrogens is 182 g/mol. The molecule has 0 aromatic heterocycles. The summed E-state index contributed by atoms with van der Waals surface area (Å²) in [6.45, 7) is 1.80. The fraction of sp³-hybridized carbons (Fsp3) is 0.300. The quantitative estimate of drug-likeness (QED) is 0.764. The number of nitrogens with two attached hydrogens (primary N) is 1. The van der Waals surface area contributed by atoms with Gasteiger partial charge in [0.2, 0.25) is 0 Å². The van der Waals surface area contributed by atoms with E-state index in [4.69, 9.17) is 15.6 Å². The zero-order valence-electron chi connectivity index (χ0n) is 8.15. The molecule has 4 nitrogen and oxygen atoms in total. The van der Waals surface area contributed by atoms with Gasteiger partial charge in [-0.15, -0.1) is 0 Å². The zero-order chi connectivity index (χ0) is 10.7. The second-order valence-electron chi connectivity index (χ2n) is 3.05. The monoisotopic (exact) mass is 195 g/mol. The molecular formula is C10H13NO3. The molecule has 1 atom stereocenters. The number of ether oxygens (including phenoxy) is 1. The van der Waals surface area contributed by atoms with Gasteiger partial charge in [-0.25, -0.2) is 4.79 Å². The molecule has 0 bridgehead atoms. The molecule has 0 spiro atoms. The van der Waals surface area contributed by atoms with Crippen molar-refractivity contribution in [3.63, 3.8) is 0 Å². The van der Waals surface area contributed by atoms with Crippen LogP contribution < -0.4 is 10.5 Å². The van der Waals surface area contributed by atoms with Crippen molar-refractivity contribution in [3.8, 4) is 5.75 Å². The molecule has 1 aromatic carbocycles. The van der Waals surface area contributed by atoms with E-state index in [0.717, 1.165) is 5.56 Å². The van der Waals surface area contributed by atoms with Crippen LogP contribution in [0.4, 0.5) is 0 Å². The Hall–Kier alpha value is -1.55. The summed E-state index contributed by atoms with van der Waals surface area (Å²) in [6.07, 6.45) is 0. The highest BCUT2D eigenvalue weighted by molar-refractivity contribution is 5.91. The first-order valence-electron chi connectivity index (χ1n) is 4.23. The lowest BCUT2D eigenvalue weighted by Crippen LogP contribution is -2.08. The number of carboxylic acids is 1. The third-order valence-corrected chi connectivity index (χ3v) is 1.98. The number of methoxy groups -OCH3 is 1. The van der Waals surface area contributed by atoms with Gasteiger partial charge in [-0.1, -0.05) is 6.07 Å². The fourth-order valence-corrected chi connectivity index (χ4v) is 1.18. The molecule has 0 saturated carbocycles. The standard InChI is InChI=1S/C10H13NO3/c1-6(11)7-3-4-9(14-2)8(5-7)10(12)13/h3-6H,11H2,1-2H3,(H,12,13)/t6-/m0/s1. The summed E-state index contributed by atoms with van der Waals surface area (Å²) in [5.74, 6) is -0.661. The maximum atomic E-state index is 10.8. The number of hydrogen-bond donors (Lipinski definition) is 2. The third kappa shape index (κ3) is 2.03. The summed E-state index contributed by atoms with van der Waals surface area (Å²) < 4.78 is 4.92. The van der Waals surface area contributed by atoms with Gasteiger partial charge in [0.15, 0.2) is 0 Å². The third-order valence-electron chi connectivity index (χ3n) is 1.98. The molecule has 0 saturated heterocycles. The Morgan fingerprint density at radius 1 is 1.57 bits per heavy atom. The summed E-state index contributed by atoms with van der Waals surface area (Å²) in [7, 11) is 1.44.